The van der Waals surface area contributed by atoms with Crippen molar-refractivity contribution < 1.29 is 14.3 Å². The number of ether oxygens (including phenoxy) is 1. The number of benzene rings is 5. The molecule has 5 aromatic carbocycles. The second kappa shape index (κ2) is 12.9. The van der Waals surface area contributed by atoms with Crippen LogP contribution in [0.3, 0.4) is 0 Å². The lowest BCUT2D eigenvalue weighted by molar-refractivity contribution is -0.136. The molecule has 6 heteroatoms. The fourth-order valence-corrected chi connectivity index (χ4v) is 7.05. The third-order valence-electron chi connectivity index (χ3n) is 6.48. The lowest BCUT2D eigenvalue weighted by Crippen LogP contribution is -2.40. The van der Waals surface area contributed by atoms with Crippen molar-refractivity contribution in [3.63, 3.8) is 0 Å². The minimum Gasteiger partial charge on any atom is -0.497 e. The molecule has 0 heterocycles. The van der Waals surface area contributed by atoms with E-state index >= 15 is 0 Å². The van der Waals surface area contributed by atoms with Crippen molar-refractivity contribution in [2.75, 3.05) is 12.4 Å². The predicted molar refractivity (Wildman–Crippen MR) is 163 cm³/mol. The Morgan fingerprint density at radius 1 is 0.625 bits per heavy atom. The number of amides is 2. The van der Waals surface area contributed by atoms with Crippen molar-refractivity contribution in [3.8, 4) is 5.75 Å². The molecular weight excluding hydrogens is 515 g/mol. The lowest BCUT2D eigenvalue weighted by Gasteiger charge is -2.27. The van der Waals surface area contributed by atoms with Crippen molar-refractivity contribution in [2.45, 2.75) is 6.04 Å². The van der Waals surface area contributed by atoms with E-state index < -0.39 is 25.8 Å². The number of carbonyl (C=O) groups is 2. The highest BCUT2D eigenvalue weighted by atomic mass is 31.1. The quantitative estimate of drug-likeness (QED) is 0.206. The molecule has 0 bridgehead atoms. The summed E-state index contributed by atoms with van der Waals surface area (Å²) in [5.41, 5.74) is 2.34. The Kier molecular flexibility index (Phi) is 8.65. The molecule has 0 saturated carbocycles. The van der Waals surface area contributed by atoms with E-state index in [1.54, 1.807) is 31.4 Å². The van der Waals surface area contributed by atoms with E-state index in [2.05, 4.69) is 65.2 Å². The van der Waals surface area contributed by atoms with Crippen molar-refractivity contribution >= 4 is 41.3 Å². The SMILES string of the molecule is COc1ccc(NC(=O)C(=O)N[C@H](c2ccccc2)c2ccccc2P(c2ccccc2)c2ccccc2)cc1. The molecule has 0 saturated heterocycles. The summed E-state index contributed by atoms with van der Waals surface area (Å²) in [6, 6.07) is 45.0. The van der Waals surface area contributed by atoms with Crippen LogP contribution in [-0.4, -0.2) is 18.9 Å². The number of hydrogen-bond donors (Lipinski definition) is 2. The Bertz CT molecular complexity index is 1520. The van der Waals surface area contributed by atoms with Crippen molar-refractivity contribution in [2.24, 2.45) is 0 Å². The van der Waals surface area contributed by atoms with Gasteiger partial charge in [-0.15, -0.1) is 0 Å². The smallest absolute Gasteiger partial charge is 0.313 e. The average Bonchev–Trinajstić information content (AvgIpc) is 3.02. The van der Waals surface area contributed by atoms with Crippen LogP contribution in [0, 0.1) is 0 Å². The van der Waals surface area contributed by atoms with Gasteiger partial charge in [0.25, 0.3) is 0 Å². The highest BCUT2D eigenvalue weighted by Gasteiger charge is 2.27. The second-order valence-electron chi connectivity index (χ2n) is 9.07. The summed E-state index contributed by atoms with van der Waals surface area (Å²) in [5.74, 6) is -0.795. The molecule has 2 N–H and O–H groups in total. The Hall–Kier alpha value is -4.73. The highest BCUT2D eigenvalue weighted by molar-refractivity contribution is 7.79. The van der Waals surface area contributed by atoms with Gasteiger partial charge >= 0.3 is 11.8 Å². The molecule has 5 aromatic rings. The minimum atomic E-state index is -0.938. The monoisotopic (exact) mass is 544 g/mol. The molecular formula is C34H29N2O3P. The summed E-state index contributed by atoms with van der Waals surface area (Å²) >= 11 is 0. The molecule has 0 aliphatic carbocycles. The first kappa shape index (κ1) is 26.9. The molecule has 5 rings (SSSR count). The van der Waals surface area contributed by atoms with Gasteiger partial charge in [0.05, 0.1) is 13.2 Å². The molecule has 0 radical (unpaired) electrons. The number of carbonyl (C=O) groups excluding carboxylic acids is 2. The van der Waals surface area contributed by atoms with Crippen LogP contribution < -0.4 is 31.3 Å². The van der Waals surface area contributed by atoms with E-state index in [9.17, 15) is 9.59 Å². The number of rotatable bonds is 8. The second-order valence-corrected chi connectivity index (χ2v) is 11.3. The molecule has 0 aliphatic heterocycles. The lowest BCUT2D eigenvalue weighted by atomic mass is 9.98. The van der Waals surface area contributed by atoms with Gasteiger partial charge in [-0.1, -0.05) is 115 Å². The van der Waals surface area contributed by atoms with Gasteiger partial charge in [-0.3, -0.25) is 9.59 Å². The fraction of sp³-hybridized carbons (Fsp3) is 0.0588. The standard InChI is InChI=1S/C34H29N2O3P/c1-39-27-23-21-26(22-24-27)35-33(37)34(38)36-32(25-13-5-2-6-14-25)30-19-11-12-20-31(30)40(28-15-7-3-8-16-28)29-17-9-4-10-18-29/h2-24,32H,1H3,(H,35,37)(H,36,38)/t32-/m1/s1. The Labute approximate surface area is 235 Å². The third-order valence-corrected chi connectivity index (χ3v) is 9.00. The Balaban J connectivity index is 1.53. The summed E-state index contributed by atoms with van der Waals surface area (Å²) < 4.78 is 5.18. The van der Waals surface area contributed by atoms with E-state index in [0.29, 0.717) is 11.4 Å². The van der Waals surface area contributed by atoms with Gasteiger partial charge in [0.1, 0.15) is 5.75 Å². The molecule has 0 unspecified atom stereocenters. The maximum Gasteiger partial charge on any atom is 0.313 e. The van der Waals surface area contributed by atoms with Crippen molar-refractivity contribution in [3.05, 3.63) is 151 Å². The molecule has 1 atom stereocenters. The van der Waals surface area contributed by atoms with Gasteiger partial charge in [-0.25, -0.2) is 0 Å². The van der Waals surface area contributed by atoms with Gasteiger partial charge in [0.2, 0.25) is 0 Å². The summed E-state index contributed by atoms with van der Waals surface area (Å²) in [6.45, 7) is 0. The first-order chi connectivity index (χ1) is 19.6. The van der Waals surface area contributed by atoms with Crippen LogP contribution in [0.2, 0.25) is 0 Å². The summed E-state index contributed by atoms with van der Waals surface area (Å²) in [4.78, 5) is 26.3. The number of anilines is 1. The zero-order valence-corrected chi connectivity index (χ0v) is 22.9. The normalized spacial score (nSPS) is 11.4. The topological polar surface area (TPSA) is 67.4 Å². The van der Waals surface area contributed by atoms with Crippen LogP contribution >= 0.6 is 7.92 Å². The van der Waals surface area contributed by atoms with Crippen LogP contribution in [0.25, 0.3) is 0 Å². The van der Waals surface area contributed by atoms with E-state index in [1.165, 1.54) is 10.6 Å². The van der Waals surface area contributed by atoms with Crippen LogP contribution in [0.5, 0.6) is 5.75 Å². The molecule has 40 heavy (non-hydrogen) atoms. The van der Waals surface area contributed by atoms with E-state index in [1.807, 2.05) is 60.7 Å². The molecule has 0 aromatic heterocycles. The molecule has 198 valence electrons. The number of nitrogens with one attached hydrogen (secondary N) is 2. The first-order valence-electron chi connectivity index (χ1n) is 12.9. The maximum absolute atomic E-state index is 13.3. The van der Waals surface area contributed by atoms with Crippen LogP contribution in [0.1, 0.15) is 17.2 Å². The number of hydrogen-bond acceptors (Lipinski definition) is 3. The van der Waals surface area contributed by atoms with E-state index in [-0.39, 0.29) is 0 Å². The Morgan fingerprint density at radius 2 is 1.15 bits per heavy atom. The molecule has 0 spiro atoms. The summed E-state index contributed by atoms with van der Waals surface area (Å²) in [7, 11) is 0.635. The zero-order chi connectivity index (χ0) is 27.7. The molecule has 5 nitrogen and oxygen atoms in total. The zero-order valence-electron chi connectivity index (χ0n) is 22.0. The van der Waals surface area contributed by atoms with Crippen LogP contribution in [-0.2, 0) is 9.59 Å². The van der Waals surface area contributed by atoms with Gasteiger partial charge in [-0.05, 0) is 59.2 Å². The van der Waals surface area contributed by atoms with Crippen LogP contribution in [0.15, 0.2) is 140 Å². The maximum atomic E-state index is 13.3. The summed E-state index contributed by atoms with van der Waals surface area (Å²) in [6.07, 6.45) is 0. The third kappa shape index (κ3) is 6.28. The average molecular weight is 545 g/mol. The number of methoxy groups -OCH3 is 1. The first-order valence-corrected chi connectivity index (χ1v) is 14.3. The molecule has 0 fully saturated rings. The van der Waals surface area contributed by atoms with E-state index in [0.717, 1.165) is 16.4 Å². The summed E-state index contributed by atoms with van der Waals surface area (Å²) in [5, 5.41) is 9.22. The Morgan fingerprint density at radius 3 is 1.73 bits per heavy atom. The largest absolute Gasteiger partial charge is 0.497 e. The molecule has 2 amide bonds. The minimum absolute atomic E-state index is 0.509. The van der Waals surface area contributed by atoms with Gasteiger partial charge in [0.15, 0.2) is 0 Å². The highest BCUT2D eigenvalue weighted by Crippen LogP contribution is 2.36. The van der Waals surface area contributed by atoms with Crippen LogP contribution in [0.4, 0.5) is 5.69 Å². The molecule has 0 aliphatic rings. The van der Waals surface area contributed by atoms with Gasteiger partial charge in [0, 0.05) is 5.69 Å². The van der Waals surface area contributed by atoms with Gasteiger partial charge < -0.3 is 15.4 Å². The van der Waals surface area contributed by atoms with Gasteiger partial charge in [-0.2, -0.15) is 0 Å². The van der Waals surface area contributed by atoms with Crippen molar-refractivity contribution in [1.82, 2.24) is 5.32 Å². The van der Waals surface area contributed by atoms with E-state index in [4.69, 9.17) is 4.74 Å². The fourth-order valence-electron chi connectivity index (χ4n) is 4.56. The predicted octanol–water partition coefficient (Wildman–Crippen LogP) is 5.30. The van der Waals surface area contributed by atoms with Crippen molar-refractivity contribution in [1.29, 1.82) is 0 Å².